The number of rotatable bonds is 5. The Balaban J connectivity index is 1.54. The van der Waals surface area contributed by atoms with Crippen LogP contribution in [0.15, 0.2) is 71.3 Å². The van der Waals surface area contributed by atoms with Crippen molar-refractivity contribution in [1.29, 1.82) is 0 Å². The highest BCUT2D eigenvalue weighted by Gasteiger charge is 2.11. The maximum atomic E-state index is 11.9. The van der Waals surface area contributed by atoms with Crippen molar-refractivity contribution >= 4 is 23.3 Å². The van der Waals surface area contributed by atoms with Crippen LogP contribution < -0.4 is 10.6 Å². The molecule has 1 heterocycles. The van der Waals surface area contributed by atoms with Crippen LogP contribution in [0.1, 0.15) is 11.7 Å². The van der Waals surface area contributed by atoms with Gasteiger partial charge in [-0.15, -0.1) is 0 Å². The van der Waals surface area contributed by atoms with Crippen LogP contribution in [0.3, 0.4) is 0 Å². The molecule has 0 saturated carbocycles. The lowest BCUT2D eigenvalue weighted by Gasteiger charge is -2.14. The van der Waals surface area contributed by atoms with E-state index in [1.807, 2.05) is 24.3 Å². The molecule has 1 aromatic heterocycles. The third-order valence-electron chi connectivity index (χ3n) is 3.68. The summed E-state index contributed by atoms with van der Waals surface area (Å²) in [4.78, 5) is 11.9. The van der Waals surface area contributed by atoms with Crippen molar-refractivity contribution in [2.24, 2.45) is 0 Å². The molecule has 0 aliphatic carbocycles. The minimum Gasteiger partial charge on any atom is -0.464 e. The number of para-hydroxylation sites is 1. The van der Waals surface area contributed by atoms with E-state index in [0.717, 1.165) is 11.3 Å². The van der Waals surface area contributed by atoms with Gasteiger partial charge in [0.2, 0.25) is 0 Å². The summed E-state index contributed by atoms with van der Waals surface area (Å²) in [5.41, 5.74) is 2.14. The normalized spacial score (nSPS) is 11.8. The van der Waals surface area contributed by atoms with Gasteiger partial charge < -0.3 is 20.2 Å². The third kappa shape index (κ3) is 4.41. The number of benzene rings is 2. The quantitative estimate of drug-likeness (QED) is 0.632. The predicted octanol–water partition coefficient (Wildman–Crippen LogP) is 4.46. The SMILES string of the molecule is O=C(NCC(O)c1ccc(-c2ccco2)cc1)Nc1ccccc1Cl. The lowest BCUT2D eigenvalue weighted by Crippen LogP contribution is -2.32. The maximum absolute atomic E-state index is 11.9. The first-order valence-corrected chi connectivity index (χ1v) is 8.12. The molecule has 0 radical (unpaired) electrons. The van der Waals surface area contributed by atoms with Crippen LogP contribution in [-0.4, -0.2) is 17.7 Å². The van der Waals surface area contributed by atoms with Gasteiger partial charge in [-0.3, -0.25) is 0 Å². The number of halogens is 1. The summed E-state index contributed by atoms with van der Waals surface area (Å²) in [5.74, 6) is 0.762. The zero-order valence-electron chi connectivity index (χ0n) is 13.3. The molecule has 0 saturated heterocycles. The van der Waals surface area contributed by atoms with E-state index < -0.39 is 12.1 Å². The van der Waals surface area contributed by atoms with Gasteiger partial charge in [0.15, 0.2) is 0 Å². The van der Waals surface area contributed by atoms with Gasteiger partial charge in [0.1, 0.15) is 5.76 Å². The monoisotopic (exact) mass is 356 g/mol. The Hall–Kier alpha value is -2.76. The van der Waals surface area contributed by atoms with E-state index in [9.17, 15) is 9.90 Å². The summed E-state index contributed by atoms with van der Waals surface area (Å²) in [7, 11) is 0. The molecule has 5 nitrogen and oxygen atoms in total. The second kappa shape index (κ2) is 7.88. The maximum Gasteiger partial charge on any atom is 0.319 e. The molecule has 0 bridgehead atoms. The fourth-order valence-corrected chi connectivity index (χ4v) is 2.53. The lowest BCUT2D eigenvalue weighted by atomic mass is 10.1. The van der Waals surface area contributed by atoms with E-state index in [1.54, 1.807) is 42.7 Å². The Bertz CT molecular complexity index is 832. The highest BCUT2D eigenvalue weighted by atomic mass is 35.5. The lowest BCUT2D eigenvalue weighted by molar-refractivity contribution is 0.175. The number of furan rings is 1. The van der Waals surface area contributed by atoms with Crippen LogP contribution in [0.5, 0.6) is 0 Å². The first-order valence-electron chi connectivity index (χ1n) is 7.75. The molecule has 3 aromatic rings. The molecule has 0 spiro atoms. The number of hydrogen-bond donors (Lipinski definition) is 3. The number of aliphatic hydroxyl groups excluding tert-OH is 1. The topological polar surface area (TPSA) is 74.5 Å². The number of urea groups is 1. The minimum absolute atomic E-state index is 0.0797. The van der Waals surface area contributed by atoms with Gasteiger partial charge in [0, 0.05) is 12.1 Å². The number of nitrogens with one attached hydrogen (secondary N) is 2. The van der Waals surface area contributed by atoms with Crippen molar-refractivity contribution in [3.63, 3.8) is 0 Å². The second-order valence-corrected chi connectivity index (χ2v) is 5.84. The third-order valence-corrected chi connectivity index (χ3v) is 4.01. The van der Waals surface area contributed by atoms with Gasteiger partial charge in [-0.25, -0.2) is 4.79 Å². The number of aliphatic hydroxyl groups is 1. The fraction of sp³-hybridized carbons (Fsp3) is 0.105. The van der Waals surface area contributed by atoms with Crippen molar-refractivity contribution in [3.8, 4) is 11.3 Å². The van der Waals surface area contributed by atoms with Crippen molar-refractivity contribution in [2.75, 3.05) is 11.9 Å². The highest BCUT2D eigenvalue weighted by molar-refractivity contribution is 6.33. The average molecular weight is 357 g/mol. The van der Waals surface area contributed by atoms with Crippen molar-refractivity contribution in [1.82, 2.24) is 5.32 Å². The molecule has 25 heavy (non-hydrogen) atoms. The van der Waals surface area contributed by atoms with E-state index in [2.05, 4.69) is 10.6 Å². The van der Waals surface area contributed by atoms with Crippen molar-refractivity contribution in [3.05, 3.63) is 77.5 Å². The molecular formula is C19H17ClN2O3. The summed E-state index contributed by atoms with van der Waals surface area (Å²) in [5, 5.41) is 15.9. The van der Waals surface area contributed by atoms with Crippen LogP contribution in [-0.2, 0) is 0 Å². The van der Waals surface area contributed by atoms with Gasteiger partial charge in [-0.2, -0.15) is 0 Å². The van der Waals surface area contributed by atoms with E-state index >= 15 is 0 Å². The molecule has 0 aliphatic heterocycles. The highest BCUT2D eigenvalue weighted by Crippen LogP contribution is 2.22. The number of carbonyl (C=O) groups is 1. The minimum atomic E-state index is -0.817. The second-order valence-electron chi connectivity index (χ2n) is 5.43. The van der Waals surface area contributed by atoms with Gasteiger partial charge >= 0.3 is 6.03 Å². The van der Waals surface area contributed by atoms with Gasteiger partial charge in [0.25, 0.3) is 0 Å². The standard InChI is InChI=1S/C19H17ClN2O3/c20-15-4-1-2-5-16(15)22-19(24)21-12-17(23)13-7-9-14(10-8-13)18-6-3-11-25-18/h1-11,17,23H,12H2,(H2,21,22,24). The summed E-state index contributed by atoms with van der Waals surface area (Å²) < 4.78 is 5.33. The molecule has 3 rings (SSSR count). The first-order chi connectivity index (χ1) is 12.1. The van der Waals surface area contributed by atoms with Crippen LogP contribution >= 0.6 is 11.6 Å². The first kappa shape index (κ1) is 17.1. The van der Waals surface area contributed by atoms with E-state index in [4.69, 9.17) is 16.0 Å². The summed E-state index contributed by atoms with van der Waals surface area (Å²) in [6.45, 7) is 0.0797. The Morgan fingerprint density at radius 2 is 1.84 bits per heavy atom. The zero-order valence-corrected chi connectivity index (χ0v) is 14.0. The van der Waals surface area contributed by atoms with Crippen LogP contribution in [0.25, 0.3) is 11.3 Å². The molecule has 0 fully saturated rings. The smallest absolute Gasteiger partial charge is 0.319 e. The Labute approximate surface area is 150 Å². The van der Waals surface area contributed by atoms with Crippen molar-refractivity contribution in [2.45, 2.75) is 6.10 Å². The molecule has 128 valence electrons. The Kier molecular flexibility index (Phi) is 5.38. The largest absolute Gasteiger partial charge is 0.464 e. The Morgan fingerprint density at radius 1 is 1.08 bits per heavy atom. The number of amides is 2. The molecule has 2 amide bonds. The molecule has 6 heteroatoms. The van der Waals surface area contributed by atoms with E-state index in [-0.39, 0.29) is 6.54 Å². The average Bonchev–Trinajstić information content (AvgIpc) is 3.16. The van der Waals surface area contributed by atoms with Crippen LogP contribution in [0.2, 0.25) is 5.02 Å². The molecule has 1 unspecified atom stereocenters. The van der Waals surface area contributed by atoms with Crippen molar-refractivity contribution < 1.29 is 14.3 Å². The number of anilines is 1. The molecular weight excluding hydrogens is 340 g/mol. The van der Waals surface area contributed by atoms with Crippen LogP contribution in [0.4, 0.5) is 10.5 Å². The van der Waals surface area contributed by atoms with Crippen LogP contribution in [0, 0.1) is 0 Å². The summed E-state index contributed by atoms with van der Waals surface area (Å²) in [6.07, 6.45) is 0.794. The summed E-state index contributed by atoms with van der Waals surface area (Å²) >= 11 is 5.98. The number of hydrogen-bond acceptors (Lipinski definition) is 3. The van der Waals surface area contributed by atoms with Gasteiger partial charge in [-0.1, -0.05) is 48.0 Å². The van der Waals surface area contributed by atoms with E-state index in [0.29, 0.717) is 16.3 Å². The molecule has 1 atom stereocenters. The Morgan fingerprint density at radius 3 is 2.52 bits per heavy atom. The molecule has 0 aliphatic rings. The molecule has 3 N–H and O–H groups in total. The van der Waals surface area contributed by atoms with Gasteiger partial charge in [-0.05, 0) is 29.8 Å². The van der Waals surface area contributed by atoms with E-state index in [1.165, 1.54) is 0 Å². The van der Waals surface area contributed by atoms with Gasteiger partial charge in [0.05, 0.1) is 23.1 Å². The fourth-order valence-electron chi connectivity index (χ4n) is 2.35. The predicted molar refractivity (Wildman–Crippen MR) is 97.6 cm³/mol. The molecule has 2 aromatic carbocycles. The number of carbonyl (C=O) groups excluding carboxylic acids is 1. The summed E-state index contributed by atoms with van der Waals surface area (Å²) in [6, 6.07) is 17.5. The zero-order chi connectivity index (χ0) is 17.6.